The number of benzene rings is 1. The Balaban J connectivity index is 1.95. The van der Waals surface area contributed by atoms with Gasteiger partial charge in [-0.15, -0.1) is 0 Å². The predicted molar refractivity (Wildman–Crippen MR) is 83.7 cm³/mol. The van der Waals surface area contributed by atoms with Gasteiger partial charge in [0.2, 0.25) is 0 Å². The van der Waals surface area contributed by atoms with Gasteiger partial charge in [0.1, 0.15) is 12.0 Å². The van der Waals surface area contributed by atoms with E-state index in [0.717, 1.165) is 17.9 Å². The average Bonchev–Trinajstić information content (AvgIpc) is 2.92. The summed E-state index contributed by atoms with van der Waals surface area (Å²) in [6.45, 7) is 9.27. The van der Waals surface area contributed by atoms with Crippen molar-refractivity contribution in [2.45, 2.75) is 52.6 Å². The van der Waals surface area contributed by atoms with Crippen molar-refractivity contribution >= 4 is 0 Å². The van der Waals surface area contributed by atoms with Crippen LogP contribution in [0, 0.1) is 0 Å². The van der Waals surface area contributed by atoms with Crippen LogP contribution < -0.4 is 10.1 Å². The lowest BCUT2D eigenvalue weighted by atomic mass is 9.99. The minimum atomic E-state index is 0.284. The third kappa shape index (κ3) is 4.60. The van der Waals surface area contributed by atoms with Gasteiger partial charge in [-0.1, -0.05) is 39.8 Å². The molecule has 2 rings (SSSR count). The van der Waals surface area contributed by atoms with Crippen molar-refractivity contribution in [3.8, 4) is 11.8 Å². The Kier molecular flexibility index (Phi) is 5.39. The molecule has 1 heterocycles. The Morgan fingerprint density at radius 3 is 2.52 bits per heavy atom. The number of hydrogen-bond acceptors (Lipinski definition) is 4. The van der Waals surface area contributed by atoms with Crippen molar-refractivity contribution < 1.29 is 9.15 Å². The lowest BCUT2D eigenvalue weighted by Crippen LogP contribution is -2.21. The summed E-state index contributed by atoms with van der Waals surface area (Å²) >= 11 is 0. The zero-order valence-corrected chi connectivity index (χ0v) is 13.2. The zero-order chi connectivity index (χ0) is 15.2. The highest BCUT2D eigenvalue weighted by molar-refractivity contribution is 5.30. The van der Waals surface area contributed by atoms with Gasteiger partial charge in [-0.3, -0.25) is 0 Å². The number of aromatic nitrogens is 1. The third-order valence-electron chi connectivity index (χ3n) is 3.49. The minimum absolute atomic E-state index is 0.284. The number of rotatable bonds is 7. The van der Waals surface area contributed by atoms with E-state index in [0.29, 0.717) is 18.5 Å². The van der Waals surface area contributed by atoms with E-state index >= 15 is 0 Å². The second-order valence-corrected chi connectivity index (χ2v) is 5.62. The normalized spacial score (nSPS) is 12.6. The molecule has 0 spiro atoms. The van der Waals surface area contributed by atoms with Crippen LogP contribution in [0.15, 0.2) is 34.9 Å². The molecular formula is C17H24N2O2. The summed E-state index contributed by atoms with van der Waals surface area (Å²) in [4.78, 5) is 4.30. The Bertz CT molecular complexity index is 546. The summed E-state index contributed by atoms with van der Waals surface area (Å²) in [6.07, 6.45) is 3.04. The first kappa shape index (κ1) is 15.6. The van der Waals surface area contributed by atoms with Crippen LogP contribution in [-0.2, 0) is 6.54 Å². The molecule has 0 saturated heterocycles. The molecule has 4 nitrogen and oxygen atoms in total. The van der Waals surface area contributed by atoms with Crippen LogP contribution in [-0.4, -0.2) is 11.0 Å². The molecule has 0 radical (unpaired) electrons. The molecule has 2 aromatic rings. The van der Waals surface area contributed by atoms with Gasteiger partial charge >= 0.3 is 6.08 Å². The summed E-state index contributed by atoms with van der Waals surface area (Å²) in [6, 6.07) is 8.51. The van der Waals surface area contributed by atoms with Crippen LogP contribution >= 0.6 is 0 Å². The van der Waals surface area contributed by atoms with Gasteiger partial charge in [0.15, 0.2) is 0 Å². The molecular weight excluding hydrogens is 264 g/mol. The topological polar surface area (TPSA) is 47.3 Å². The van der Waals surface area contributed by atoms with Gasteiger partial charge in [0.25, 0.3) is 0 Å². The van der Waals surface area contributed by atoms with Crippen LogP contribution in [0.1, 0.15) is 51.3 Å². The molecule has 1 N–H and O–H groups in total. The van der Waals surface area contributed by atoms with Gasteiger partial charge in [-0.05, 0) is 30.0 Å². The maximum absolute atomic E-state index is 5.63. The van der Waals surface area contributed by atoms with Crippen LogP contribution in [0.4, 0.5) is 0 Å². The molecule has 0 saturated carbocycles. The Morgan fingerprint density at radius 2 is 1.90 bits per heavy atom. The van der Waals surface area contributed by atoms with E-state index in [4.69, 9.17) is 9.15 Å². The molecule has 0 fully saturated rings. The number of nitrogens with one attached hydrogen (secondary N) is 1. The van der Waals surface area contributed by atoms with Crippen LogP contribution in [0.5, 0.6) is 11.8 Å². The SMILES string of the molecule is CCC(C)c1ccc(Oc2nc(CNC(C)C)co2)cc1. The standard InChI is InChI=1S/C17H24N2O2/c1-5-13(4)14-6-8-16(9-7-14)21-17-19-15(11-20-17)10-18-12(2)3/h6-9,11-13,18H,5,10H2,1-4H3. The molecule has 1 aromatic heterocycles. The Morgan fingerprint density at radius 1 is 1.19 bits per heavy atom. The quantitative estimate of drug-likeness (QED) is 0.816. The number of oxazole rings is 1. The maximum atomic E-state index is 5.63. The Labute approximate surface area is 126 Å². The van der Waals surface area contributed by atoms with Crippen molar-refractivity contribution in [1.82, 2.24) is 10.3 Å². The monoisotopic (exact) mass is 288 g/mol. The molecule has 0 aliphatic heterocycles. The van der Waals surface area contributed by atoms with E-state index in [2.05, 4.69) is 50.1 Å². The van der Waals surface area contributed by atoms with Gasteiger partial charge in [-0.2, -0.15) is 4.98 Å². The highest BCUT2D eigenvalue weighted by Crippen LogP contribution is 2.24. The molecule has 4 heteroatoms. The first-order valence-corrected chi connectivity index (χ1v) is 7.54. The summed E-state index contributed by atoms with van der Waals surface area (Å²) in [5.74, 6) is 1.31. The maximum Gasteiger partial charge on any atom is 0.399 e. The minimum Gasteiger partial charge on any atom is -0.417 e. The van der Waals surface area contributed by atoms with E-state index in [9.17, 15) is 0 Å². The first-order valence-electron chi connectivity index (χ1n) is 7.54. The second kappa shape index (κ2) is 7.27. The van der Waals surface area contributed by atoms with Gasteiger partial charge in [-0.25, -0.2) is 0 Å². The fraction of sp³-hybridized carbons (Fsp3) is 0.471. The molecule has 0 bridgehead atoms. The summed E-state index contributed by atoms with van der Waals surface area (Å²) in [5, 5.41) is 3.29. The fourth-order valence-electron chi connectivity index (χ4n) is 1.93. The molecule has 114 valence electrons. The van der Waals surface area contributed by atoms with E-state index in [1.54, 1.807) is 6.26 Å². The molecule has 0 aliphatic rings. The van der Waals surface area contributed by atoms with E-state index < -0.39 is 0 Å². The summed E-state index contributed by atoms with van der Waals surface area (Å²) < 4.78 is 11.0. The molecule has 0 aliphatic carbocycles. The smallest absolute Gasteiger partial charge is 0.399 e. The lowest BCUT2D eigenvalue weighted by molar-refractivity contribution is 0.330. The molecule has 1 aromatic carbocycles. The van der Waals surface area contributed by atoms with Crippen LogP contribution in [0.3, 0.4) is 0 Å². The third-order valence-corrected chi connectivity index (χ3v) is 3.49. The van der Waals surface area contributed by atoms with E-state index in [1.807, 2.05) is 12.1 Å². The zero-order valence-electron chi connectivity index (χ0n) is 13.2. The lowest BCUT2D eigenvalue weighted by Gasteiger charge is -2.09. The predicted octanol–water partition coefficient (Wildman–Crippen LogP) is 4.48. The van der Waals surface area contributed by atoms with E-state index in [1.165, 1.54) is 5.56 Å². The van der Waals surface area contributed by atoms with Crippen molar-refractivity contribution in [1.29, 1.82) is 0 Å². The second-order valence-electron chi connectivity index (χ2n) is 5.62. The average molecular weight is 288 g/mol. The molecule has 1 unspecified atom stereocenters. The van der Waals surface area contributed by atoms with Crippen molar-refractivity contribution in [2.75, 3.05) is 0 Å². The largest absolute Gasteiger partial charge is 0.417 e. The summed E-state index contributed by atoms with van der Waals surface area (Å²) in [5.41, 5.74) is 2.16. The highest BCUT2D eigenvalue weighted by Gasteiger charge is 2.08. The van der Waals surface area contributed by atoms with Crippen molar-refractivity contribution in [2.24, 2.45) is 0 Å². The number of nitrogens with zero attached hydrogens (tertiary/aromatic N) is 1. The first-order chi connectivity index (χ1) is 10.1. The van der Waals surface area contributed by atoms with Gasteiger partial charge in [0, 0.05) is 12.6 Å². The molecule has 0 amide bonds. The fourth-order valence-corrected chi connectivity index (χ4v) is 1.93. The van der Waals surface area contributed by atoms with Gasteiger partial charge < -0.3 is 14.5 Å². The van der Waals surface area contributed by atoms with Crippen LogP contribution in [0.2, 0.25) is 0 Å². The summed E-state index contributed by atoms with van der Waals surface area (Å²) in [7, 11) is 0. The number of ether oxygens (including phenoxy) is 1. The van der Waals surface area contributed by atoms with E-state index in [-0.39, 0.29) is 6.08 Å². The Hall–Kier alpha value is -1.81. The van der Waals surface area contributed by atoms with Crippen molar-refractivity contribution in [3.63, 3.8) is 0 Å². The van der Waals surface area contributed by atoms with Crippen molar-refractivity contribution in [3.05, 3.63) is 41.8 Å². The highest BCUT2D eigenvalue weighted by atomic mass is 16.6. The molecule has 1 atom stereocenters. The number of hydrogen-bond donors (Lipinski definition) is 1. The van der Waals surface area contributed by atoms with Crippen LogP contribution in [0.25, 0.3) is 0 Å². The molecule has 21 heavy (non-hydrogen) atoms. The van der Waals surface area contributed by atoms with Gasteiger partial charge in [0.05, 0.1) is 5.69 Å².